The Hall–Kier alpha value is -2.67. The maximum absolute atomic E-state index is 12.2. The first kappa shape index (κ1) is 17.7. The largest absolute Gasteiger partial charge is 0.465 e. The minimum atomic E-state index is -3.12. The third-order valence-electron chi connectivity index (χ3n) is 3.19. The first-order valence-corrected chi connectivity index (χ1v) is 9.11. The van der Waals surface area contributed by atoms with Crippen LogP contribution in [-0.2, 0) is 20.3 Å². The van der Waals surface area contributed by atoms with E-state index in [0.29, 0.717) is 22.4 Å². The van der Waals surface area contributed by atoms with E-state index in [9.17, 15) is 18.0 Å². The van der Waals surface area contributed by atoms with Gasteiger partial charge >= 0.3 is 5.97 Å². The maximum atomic E-state index is 12.2. The molecule has 0 spiro atoms. The molecule has 0 saturated carbocycles. The van der Waals surface area contributed by atoms with Gasteiger partial charge in [-0.1, -0.05) is 18.2 Å². The molecule has 1 N–H and O–H groups in total. The van der Waals surface area contributed by atoms with Gasteiger partial charge in [-0.2, -0.15) is 0 Å². The molecule has 0 radical (unpaired) electrons. The van der Waals surface area contributed by atoms with Crippen molar-refractivity contribution in [2.45, 2.75) is 5.75 Å². The summed E-state index contributed by atoms with van der Waals surface area (Å²) in [4.78, 5) is 23.7. The number of nitrogens with one attached hydrogen (secondary N) is 1. The number of carbonyl (C=O) groups is 2. The number of carbonyl (C=O) groups excluding carboxylic acids is 2. The van der Waals surface area contributed by atoms with Crippen LogP contribution >= 0.6 is 0 Å². The zero-order chi connectivity index (χ0) is 17.7. The predicted octanol–water partition coefficient (Wildman–Crippen LogP) is 2.27. The van der Waals surface area contributed by atoms with Crippen molar-refractivity contribution in [3.05, 3.63) is 65.2 Å². The standard InChI is InChI=1S/C17H17NO5S/c1-23-17(20)14-4-3-5-15(10-14)18-16(19)13-8-6-12(7-9-13)11-24(2,21)22/h3-10H,11H2,1-2H3,(H,18,19). The summed E-state index contributed by atoms with van der Waals surface area (Å²) >= 11 is 0. The Balaban J connectivity index is 2.11. The summed E-state index contributed by atoms with van der Waals surface area (Å²) in [6.07, 6.45) is 1.15. The molecule has 2 aromatic carbocycles. The van der Waals surface area contributed by atoms with Crippen LogP contribution in [0, 0.1) is 0 Å². The number of amides is 1. The number of methoxy groups -OCH3 is 1. The van der Waals surface area contributed by atoms with Crippen LogP contribution in [0.1, 0.15) is 26.3 Å². The monoisotopic (exact) mass is 347 g/mol. The van der Waals surface area contributed by atoms with Crippen LogP contribution in [-0.4, -0.2) is 33.7 Å². The highest BCUT2D eigenvalue weighted by molar-refractivity contribution is 7.89. The Morgan fingerprint density at radius 1 is 1.04 bits per heavy atom. The quantitative estimate of drug-likeness (QED) is 0.838. The summed E-state index contributed by atoms with van der Waals surface area (Å²) < 4.78 is 27.1. The number of sulfone groups is 1. The lowest BCUT2D eigenvalue weighted by atomic mass is 10.1. The van der Waals surface area contributed by atoms with E-state index >= 15 is 0 Å². The fraction of sp³-hybridized carbons (Fsp3) is 0.176. The second kappa shape index (κ2) is 7.27. The lowest BCUT2D eigenvalue weighted by Crippen LogP contribution is -2.12. The summed E-state index contributed by atoms with van der Waals surface area (Å²) in [5.41, 5.74) is 1.79. The maximum Gasteiger partial charge on any atom is 0.337 e. The van der Waals surface area contributed by atoms with Gasteiger partial charge in [0.2, 0.25) is 0 Å². The molecule has 0 unspecified atom stereocenters. The Bertz CT molecular complexity index is 857. The van der Waals surface area contributed by atoms with Crippen LogP contribution in [0.2, 0.25) is 0 Å². The van der Waals surface area contributed by atoms with E-state index in [-0.39, 0.29) is 11.7 Å². The smallest absolute Gasteiger partial charge is 0.337 e. The van der Waals surface area contributed by atoms with Crippen LogP contribution < -0.4 is 5.32 Å². The third-order valence-corrected chi connectivity index (χ3v) is 4.04. The van der Waals surface area contributed by atoms with Crippen molar-refractivity contribution >= 4 is 27.4 Å². The van der Waals surface area contributed by atoms with Gasteiger partial charge in [0.05, 0.1) is 18.4 Å². The highest BCUT2D eigenvalue weighted by Crippen LogP contribution is 2.14. The number of esters is 1. The summed E-state index contributed by atoms with van der Waals surface area (Å²) in [6.45, 7) is 0. The van der Waals surface area contributed by atoms with Crippen molar-refractivity contribution in [2.75, 3.05) is 18.7 Å². The molecule has 0 fully saturated rings. The van der Waals surface area contributed by atoms with E-state index in [2.05, 4.69) is 10.1 Å². The van der Waals surface area contributed by atoms with Crippen molar-refractivity contribution in [3.63, 3.8) is 0 Å². The zero-order valence-corrected chi connectivity index (χ0v) is 14.1. The Labute approximate surface area is 140 Å². The molecule has 0 heterocycles. The fourth-order valence-corrected chi connectivity index (χ4v) is 2.90. The highest BCUT2D eigenvalue weighted by Gasteiger charge is 2.10. The summed E-state index contributed by atoms with van der Waals surface area (Å²) in [7, 11) is -1.84. The van der Waals surface area contributed by atoms with Crippen molar-refractivity contribution < 1.29 is 22.7 Å². The van der Waals surface area contributed by atoms with Gasteiger partial charge in [-0.15, -0.1) is 0 Å². The second-order valence-corrected chi connectivity index (χ2v) is 7.43. The normalized spacial score (nSPS) is 10.9. The first-order chi connectivity index (χ1) is 11.3. The molecule has 7 heteroatoms. The molecule has 0 bridgehead atoms. The number of rotatable bonds is 5. The van der Waals surface area contributed by atoms with Crippen molar-refractivity contribution in [1.82, 2.24) is 0 Å². The minimum Gasteiger partial charge on any atom is -0.465 e. The number of anilines is 1. The molecule has 0 aliphatic carbocycles. The molecule has 0 aromatic heterocycles. The SMILES string of the molecule is COC(=O)c1cccc(NC(=O)c2ccc(CS(C)(=O)=O)cc2)c1. The van der Waals surface area contributed by atoms with E-state index in [1.165, 1.54) is 13.2 Å². The first-order valence-electron chi connectivity index (χ1n) is 7.05. The molecule has 126 valence electrons. The van der Waals surface area contributed by atoms with Crippen LogP contribution in [0.4, 0.5) is 5.69 Å². The van der Waals surface area contributed by atoms with E-state index in [1.807, 2.05) is 0 Å². The van der Waals surface area contributed by atoms with Crippen molar-refractivity contribution in [3.8, 4) is 0 Å². The Morgan fingerprint density at radius 2 is 1.71 bits per heavy atom. The molecule has 0 aliphatic rings. The molecule has 0 atom stereocenters. The molecule has 6 nitrogen and oxygen atoms in total. The lowest BCUT2D eigenvalue weighted by molar-refractivity contribution is 0.0600. The summed E-state index contributed by atoms with van der Waals surface area (Å²) in [6, 6.07) is 12.7. The van der Waals surface area contributed by atoms with Crippen molar-refractivity contribution in [2.24, 2.45) is 0 Å². The van der Waals surface area contributed by atoms with Crippen LogP contribution in [0.15, 0.2) is 48.5 Å². The Morgan fingerprint density at radius 3 is 2.29 bits per heavy atom. The fourth-order valence-electron chi connectivity index (χ4n) is 2.10. The van der Waals surface area contributed by atoms with Gasteiger partial charge in [0, 0.05) is 17.5 Å². The van der Waals surface area contributed by atoms with E-state index in [4.69, 9.17) is 0 Å². The zero-order valence-electron chi connectivity index (χ0n) is 13.3. The topological polar surface area (TPSA) is 89.5 Å². The van der Waals surface area contributed by atoms with Gasteiger partial charge in [-0.05, 0) is 35.9 Å². The highest BCUT2D eigenvalue weighted by atomic mass is 32.2. The van der Waals surface area contributed by atoms with E-state index in [1.54, 1.807) is 42.5 Å². The predicted molar refractivity (Wildman–Crippen MR) is 90.7 cm³/mol. The minimum absolute atomic E-state index is 0.0733. The van der Waals surface area contributed by atoms with Crippen LogP contribution in [0.25, 0.3) is 0 Å². The Kier molecular flexibility index (Phi) is 5.35. The molecule has 0 saturated heterocycles. The summed E-state index contributed by atoms with van der Waals surface area (Å²) in [5.74, 6) is -0.921. The molecular formula is C17H17NO5S. The molecule has 1 amide bonds. The van der Waals surface area contributed by atoms with Gasteiger partial charge < -0.3 is 10.1 Å². The third kappa shape index (κ3) is 4.92. The van der Waals surface area contributed by atoms with Gasteiger partial charge in [-0.25, -0.2) is 13.2 Å². The van der Waals surface area contributed by atoms with E-state index < -0.39 is 15.8 Å². The molecular weight excluding hydrogens is 330 g/mol. The van der Waals surface area contributed by atoms with Gasteiger partial charge in [0.1, 0.15) is 0 Å². The molecule has 2 aromatic rings. The number of hydrogen-bond donors (Lipinski definition) is 1. The average molecular weight is 347 g/mol. The number of hydrogen-bond acceptors (Lipinski definition) is 5. The van der Waals surface area contributed by atoms with Crippen molar-refractivity contribution in [1.29, 1.82) is 0 Å². The second-order valence-electron chi connectivity index (χ2n) is 5.29. The molecule has 0 aliphatic heterocycles. The van der Waals surface area contributed by atoms with Crippen LogP contribution in [0.3, 0.4) is 0 Å². The molecule has 24 heavy (non-hydrogen) atoms. The van der Waals surface area contributed by atoms with Gasteiger partial charge in [0.15, 0.2) is 9.84 Å². The number of benzene rings is 2. The average Bonchev–Trinajstić information content (AvgIpc) is 2.53. The van der Waals surface area contributed by atoms with Gasteiger partial charge in [0.25, 0.3) is 5.91 Å². The number of ether oxygens (including phenoxy) is 1. The van der Waals surface area contributed by atoms with Gasteiger partial charge in [-0.3, -0.25) is 4.79 Å². The van der Waals surface area contributed by atoms with E-state index in [0.717, 1.165) is 6.26 Å². The molecule has 2 rings (SSSR count). The van der Waals surface area contributed by atoms with Crippen LogP contribution in [0.5, 0.6) is 0 Å². The summed E-state index contributed by atoms with van der Waals surface area (Å²) in [5, 5.41) is 2.68. The lowest BCUT2D eigenvalue weighted by Gasteiger charge is -2.07.